The first-order valence-corrected chi connectivity index (χ1v) is 8.83. The van der Waals surface area contributed by atoms with Crippen molar-refractivity contribution in [1.82, 2.24) is 9.55 Å². The third kappa shape index (κ3) is 2.67. The van der Waals surface area contributed by atoms with Crippen molar-refractivity contribution in [2.24, 2.45) is 5.92 Å². The third-order valence-electron chi connectivity index (χ3n) is 5.54. The zero-order valence-corrected chi connectivity index (χ0v) is 14.2. The summed E-state index contributed by atoms with van der Waals surface area (Å²) in [4.78, 5) is 29.1. The maximum Gasteiger partial charge on any atom is 0.329 e. The first-order valence-electron chi connectivity index (χ1n) is 8.83. The minimum absolute atomic E-state index is 0.0116. The molecule has 1 saturated carbocycles. The van der Waals surface area contributed by atoms with Crippen molar-refractivity contribution in [3.05, 3.63) is 38.5 Å². The highest BCUT2D eigenvalue weighted by Crippen LogP contribution is 2.37. The standard InChI is InChI=1S/C18H23N3O4/c1-10-14(20-7-6-11(9-22)15(23)8-20)5-4-13-16(10)21(12-2-3-12)18(25)19-17(13)24/h4-5,11-12,15,22-23H,2-3,6-9H2,1H3,(H,19,24,25). The van der Waals surface area contributed by atoms with Crippen LogP contribution in [0.1, 0.15) is 30.9 Å². The minimum Gasteiger partial charge on any atom is -0.396 e. The van der Waals surface area contributed by atoms with E-state index in [4.69, 9.17) is 0 Å². The Morgan fingerprint density at radius 1 is 1.24 bits per heavy atom. The van der Waals surface area contributed by atoms with Crippen LogP contribution in [0.3, 0.4) is 0 Å². The van der Waals surface area contributed by atoms with Crippen molar-refractivity contribution in [3.63, 3.8) is 0 Å². The van der Waals surface area contributed by atoms with Crippen molar-refractivity contribution < 1.29 is 10.2 Å². The summed E-state index contributed by atoms with van der Waals surface area (Å²) >= 11 is 0. The van der Waals surface area contributed by atoms with Gasteiger partial charge in [-0.25, -0.2) is 4.79 Å². The predicted molar refractivity (Wildman–Crippen MR) is 95.2 cm³/mol. The maximum atomic E-state index is 12.3. The van der Waals surface area contributed by atoms with E-state index in [0.29, 0.717) is 23.9 Å². The Morgan fingerprint density at radius 3 is 2.64 bits per heavy atom. The van der Waals surface area contributed by atoms with Crippen LogP contribution in [0.5, 0.6) is 0 Å². The van der Waals surface area contributed by atoms with Crippen molar-refractivity contribution in [2.75, 3.05) is 24.6 Å². The zero-order valence-electron chi connectivity index (χ0n) is 14.2. The number of rotatable bonds is 3. The van der Waals surface area contributed by atoms with E-state index in [9.17, 15) is 19.8 Å². The van der Waals surface area contributed by atoms with E-state index >= 15 is 0 Å². The number of aromatic nitrogens is 2. The molecular weight excluding hydrogens is 322 g/mol. The second-order valence-corrected chi connectivity index (χ2v) is 7.21. The summed E-state index contributed by atoms with van der Waals surface area (Å²) in [5.74, 6) is -0.0931. The van der Waals surface area contributed by atoms with Gasteiger partial charge in [-0.15, -0.1) is 0 Å². The number of aryl methyl sites for hydroxylation is 1. The first kappa shape index (κ1) is 16.4. The van der Waals surface area contributed by atoms with E-state index < -0.39 is 6.10 Å². The van der Waals surface area contributed by atoms with Crippen LogP contribution in [0.15, 0.2) is 21.7 Å². The second-order valence-electron chi connectivity index (χ2n) is 7.21. The van der Waals surface area contributed by atoms with Gasteiger partial charge in [-0.1, -0.05) is 0 Å². The molecule has 2 atom stereocenters. The van der Waals surface area contributed by atoms with Gasteiger partial charge in [-0.2, -0.15) is 0 Å². The molecule has 2 aliphatic rings. The van der Waals surface area contributed by atoms with Crippen LogP contribution >= 0.6 is 0 Å². The summed E-state index contributed by atoms with van der Waals surface area (Å²) in [6.07, 6.45) is 2.02. The van der Waals surface area contributed by atoms with Crippen molar-refractivity contribution in [1.29, 1.82) is 0 Å². The van der Waals surface area contributed by atoms with Gasteiger partial charge >= 0.3 is 5.69 Å². The number of anilines is 1. The fraction of sp³-hybridized carbons (Fsp3) is 0.556. The molecule has 4 rings (SSSR count). The number of H-pyrrole nitrogens is 1. The van der Waals surface area contributed by atoms with Crippen molar-refractivity contribution in [3.8, 4) is 0 Å². The molecule has 1 aromatic heterocycles. The lowest BCUT2D eigenvalue weighted by Gasteiger charge is -2.37. The molecule has 2 unspecified atom stereocenters. The summed E-state index contributed by atoms with van der Waals surface area (Å²) in [5.41, 5.74) is 1.82. The predicted octanol–water partition coefficient (Wildman–Crippen LogP) is 0.513. The molecule has 3 N–H and O–H groups in total. The SMILES string of the molecule is Cc1c(N2CCC(CO)C(O)C2)ccc2c(=O)[nH]c(=O)n(C3CC3)c12. The Hall–Kier alpha value is -2.12. The number of aromatic amines is 1. The second kappa shape index (κ2) is 6.00. The molecule has 1 aromatic carbocycles. The molecule has 0 radical (unpaired) electrons. The fourth-order valence-electron chi connectivity index (χ4n) is 3.95. The number of aliphatic hydroxyl groups excluding tert-OH is 2. The van der Waals surface area contributed by atoms with Gasteiger partial charge in [0, 0.05) is 37.3 Å². The van der Waals surface area contributed by atoms with E-state index in [0.717, 1.165) is 30.6 Å². The Bertz CT molecular complexity index is 928. The number of benzene rings is 1. The molecule has 2 heterocycles. The minimum atomic E-state index is -0.585. The molecule has 1 saturated heterocycles. The number of fused-ring (bicyclic) bond motifs is 1. The summed E-state index contributed by atoms with van der Waals surface area (Å²) < 4.78 is 1.71. The highest BCUT2D eigenvalue weighted by Gasteiger charge is 2.30. The topological polar surface area (TPSA) is 98.6 Å². The summed E-state index contributed by atoms with van der Waals surface area (Å²) in [6.45, 7) is 3.09. The molecule has 1 aliphatic carbocycles. The Morgan fingerprint density at radius 2 is 2.00 bits per heavy atom. The van der Waals surface area contributed by atoms with Crippen molar-refractivity contribution in [2.45, 2.75) is 38.3 Å². The number of hydrogen-bond acceptors (Lipinski definition) is 5. The normalized spacial score (nSPS) is 24.0. The van der Waals surface area contributed by atoms with Crippen LogP contribution < -0.4 is 16.1 Å². The lowest BCUT2D eigenvalue weighted by molar-refractivity contribution is 0.0548. The van der Waals surface area contributed by atoms with E-state index in [1.165, 1.54) is 0 Å². The van der Waals surface area contributed by atoms with Gasteiger partial charge < -0.3 is 15.1 Å². The van der Waals surface area contributed by atoms with Crippen LogP contribution in [-0.4, -0.2) is 45.6 Å². The summed E-state index contributed by atoms with van der Waals surface area (Å²) in [7, 11) is 0. The molecule has 0 bridgehead atoms. The molecular formula is C18H23N3O4. The highest BCUT2D eigenvalue weighted by molar-refractivity contribution is 5.86. The number of nitrogens with one attached hydrogen (secondary N) is 1. The average Bonchev–Trinajstić information content (AvgIpc) is 3.40. The van der Waals surface area contributed by atoms with Gasteiger partial charge in [0.2, 0.25) is 0 Å². The van der Waals surface area contributed by atoms with Gasteiger partial charge in [-0.05, 0) is 43.9 Å². The lowest BCUT2D eigenvalue weighted by atomic mass is 9.94. The molecule has 0 spiro atoms. The molecule has 2 aromatic rings. The van der Waals surface area contributed by atoms with E-state index in [2.05, 4.69) is 9.88 Å². The summed E-state index contributed by atoms with van der Waals surface area (Å²) in [6, 6.07) is 3.81. The van der Waals surface area contributed by atoms with Gasteiger partial charge in [0.1, 0.15) is 0 Å². The van der Waals surface area contributed by atoms with Gasteiger partial charge in [-0.3, -0.25) is 14.3 Å². The van der Waals surface area contributed by atoms with Crippen molar-refractivity contribution >= 4 is 16.6 Å². The Balaban J connectivity index is 1.84. The van der Waals surface area contributed by atoms with Crippen LogP contribution in [0.4, 0.5) is 5.69 Å². The Kier molecular flexibility index (Phi) is 3.92. The largest absolute Gasteiger partial charge is 0.396 e. The monoisotopic (exact) mass is 345 g/mol. The van der Waals surface area contributed by atoms with Crippen LogP contribution in [-0.2, 0) is 0 Å². The number of nitrogens with zero attached hydrogens (tertiary/aromatic N) is 2. The third-order valence-corrected chi connectivity index (χ3v) is 5.54. The van der Waals surface area contributed by atoms with Gasteiger partial charge in [0.25, 0.3) is 5.56 Å². The summed E-state index contributed by atoms with van der Waals surface area (Å²) in [5, 5.41) is 20.1. The molecule has 25 heavy (non-hydrogen) atoms. The van der Waals surface area contributed by atoms with E-state index in [1.807, 2.05) is 13.0 Å². The van der Waals surface area contributed by atoms with E-state index in [-0.39, 0.29) is 29.8 Å². The van der Waals surface area contributed by atoms with Crippen LogP contribution in [0.25, 0.3) is 10.9 Å². The average molecular weight is 345 g/mol. The molecule has 1 aliphatic heterocycles. The highest BCUT2D eigenvalue weighted by atomic mass is 16.3. The molecule has 7 heteroatoms. The lowest BCUT2D eigenvalue weighted by Crippen LogP contribution is -2.45. The zero-order chi connectivity index (χ0) is 17.7. The van der Waals surface area contributed by atoms with Gasteiger partial charge in [0.05, 0.1) is 17.0 Å². The van der Waals surface area contributed by atoms with Crippen LogP contribution in [0.2, 0.25) is 0 Å². The molecule has 7 nitrogen and oxygen atoms in total. The van der Waals surface area contributed by atoms with E-state index in [1.54, 1.807) is 10.6 Å². The fourth-order valence-corrected chi connectivity index (χ4v) is 3.95. The molecule has 2 fully saturated rings. The number of hydrogen-bond donors (Lipinski definition) is 3. The maximum absolute atomic E-state index is 12.3. The number of piperidine rings is 1. The van der Waals surface area contributed by atoms with Crippen LogP contribution in [0, 0.1) is 12.8 Å². The first-order chi connectivity index (χ1) is 12.0. The molecule has 0 amide bonds. The molecule has 134 valence electrons. The quantitative estimate of drug-likeness (QED) is 0.753. The number of aliphatic hydroxyl groups is 2. The number of β-amino-alcohol motifs (C(OH)–C–C–N with tert-alkyl or cyclic N) is 1. The smallest absolute Gasteiger partial charge is 0.329 e. The Labute approximate surface area is 144 Å². The van der Waals surface area contributed by atoms with Gasteiger partial charge in [0.15, 0.2) is 0 Å².